The van der Waals surface area contributed by atoms with Crippen LogP contribution >= 0.6 is 0 Å². The van der Waals surface area contributed by atoms with Gasteiger partial charge in [0.05, 0.1) is 0 Å². The molecule has 1 aromatic rings. The standard InChI is InChI=1S/C14H18N2O/c1-14(2)9-3-4-13(10-14)17-12-7-5-11(16-15)6-8-12/h3-9,16H,10,15H2,1-2H3. The van der Waals surface area contributed by atoms with Crippen molar-refractivity contribution in [3.8, 4) is 5.75 Å². The van der Waals surface area contributed by atoms with Crippen LogP contribution in [0.1, 0.15) is 20.3 Å². The fourth-order valence-electron chi connectivity index (χ4n) is 1.82. The van der Waals surface area contributed by atoms with E-state index in [1.165, 1.54) is 0 Å². The quantitative estimate of drug-likeness (QED) is 0.619. The Morgan fingerprint density at radius 3 is 2.53 bits per heavy atom. The Bertz CT molecular complexity index is 444. The maximum atomic E-state index is 5.83. The van der Waals surface area contributed by atoms with E-state index in [2.05, 4.69) is 31.4 Å². The number of benzene rings is 1. The van der Waals surface area contributed by atoms with E-state index in [0.717, 1.165) is 23.6 Å². The summed E-state index contributed by atoms with van der Waals surface area (Å²) >= 11 is 0. The molecule has 0 bridgehead atoms. The van der Waals surface area contributed by atoms with Gasteiger partial charge in [-0.15, -0.1) is 0 Å². The normalized spacial score (nSPS) is 17.5. The number of allylic oxidation sites excluding steroid dienone is 4. The average molecular weight is 230 g/mol. The van der Waals surface area contributed by atoms with Gasteiger partial charge in [-0.25, -0.2) is 0 Å². The third kappa shape index (κ3) is 3.11. The third-order valence-electron chi connectivity index (χ3n) is 2.73. The molecule has 3 nitrogen and oxygen atoms in total. The highest BCUT2D eigenvalue weighted by atomic mass is 16.5. The van der Waals surface area contributed by atoms with Crippen LogP contribution in [-0.4, -0.2) is 0 Å². The molecule has 2 rings (SSSR count). The number of hydrogen-bond donors (Lipinski definition) is 2. The van der Waals surface area contributed by atoms with Crippen LogP contribution in [0.25, 0.3) is 0 Å². The highest BCUT2D eigenvalue weighted by molar-refractivity contribution is 5.45. The van der Waals surface area contributed by atoms with Crippen LogP contribution in [0, 0.1) is 5.41 Å². The largest absolute Gasteiger partial charge is 0.462 e. The van der Waals surface area contributed by atoms with E-state index < -0.39 is 0 Å². The molecule has 1 aliphatic carbocycles. The van der Waals surface area contributed by atoms with Gasteiger partial charge in [-0.1, -0.05) is 26.0 Å². The minimum Gasteiger partial charge on any atom is -0.462 e. The molecule has 17 heavy (non-hydrogen) atoms. The molecule has 90 valence electrons. The van der Waals surface area contributed by atoms with Crippen LogP contribution in [0.5, 0.6) is 5.75 Å². The monoisotopic (exact) mass is 230 g/mol. The van der Waals surface area contributed by atoms with Gasteiger partial charge < -0.3 is 10.2 Å². The van der Waals surface area contributed by atoms with Crippen molar-refractivity contribution in [3.63, 3.8) is 0 Å². The lowest BCUT2D eigenvalue weighted by molar-refractivity contribution is 0.337. The first kappa shape index (κ1) is 11.7. The zero-order valence-electron chi connectivity index (χ0n) is 10.2. The number of hydrazine groups is 1. The first-order chi connectivity index (χ1) is 8.09. The molecule has 3 N–H and O–H groups in total. The number of anilines is 1. The molecule has 0 saturated heterocycles. The van der Waals surface area contributed by atoms with Crippen LogP contribution < -0.4 is 16.0 Å². The number of hydrogen-bond acceptors (Lipinski definition) is 3. The summed E-state index contributed by atoms with van der Waals surface area (Å²) in [7, 11) is 0. The van der Waals surface area contributed by atoms with Gasteiger partial charge in [0.2, 0.25) is 0 Å². The molecule has 0 heterocycles. The summed E-state index contributed by atoms with van der Waals surface area (Å²) < 4.78 is 5.83. The van der Waals surface area contributed by atoms with Gasteiger partial charge in [0, 0.05) is 12.1 Å². The van der Waals surface area contributed by atoms with Crippen LogP contribution in [0.4, 0.5) is 5.69 Å². The predicted octanol–water partition coefficient (Wildman–Crippen LogP) is 3.22. The van der Waals surface area contributed by atoms with Gasteiger partial charge in [-0.3, -0.25) is 5.84 Å². The van der Waals surface area contributed by atoms with E-state index in [0.29, 0.717) is 0 Å². The lowest BCUT2D eigenvalue weighted by Crippen LogP contribution is -2.14. The molecule has 0 unspecified atom stereocenters. The minimum absolute atomic E-state index is 0.169. The van der Waals surface area contributed by atoms with E-state index in [1.54, 1.807) is 0 Å². The van der Waals surface area contributed by atoms with E-state index in [1.807, 2.05) is 30.3 Å². The topological polar surface area (TPSA) is 47.3 Å². The van der Waals surface area contributed by atoms with Crippen molar-refractivity contribution >= 4 is 5.69 Å². The molecule has 0 amide bonds. The van der Waals surface area contributed by atoms with Crippen LogP contribution in [0.3, 0.4) is 0 Å². The molecule has 0 spiro atoms. The molecule has 3 heteroatoms. The van der Waals surface area contributed by atoms with Gasteiger partial charge in [0.25, 0.3) is 0 Å². The van der Waals surface area contributed by atoms with Crippen molar-refractivity contribution in [1.29, 1.82) is 0 Å². The van der Waals surface area contributed by atoms with E-state index in [9.17, 15) is 0 Å². The number of ether oxygens (including phenoxy) is 1. The summed E-state index contributed by atoms with van der Waals surface area (Å²) in [5.41, 5.74) is 3.63. The van der Waals surface area contributed by atoms with Gasteiger partial charge in [-0.2, -0.15) is 0 Å². The molecule has 0 radical (unpaired) electrons. The smallest absolute Gasteiger partial charge is 0.127 e. The zero-order chi connectivity index (χ0) is 12.3. The van der Waals surface area contributed by atoms with Crippen molar-refractivity contribution in [2.45, 2.75) is 20.3 Å². The van der Waals surface area contributed by atoms with Crippen molar-refractivity contribution < 1.29 is 4.74 Å². The van der Waals surface area contributed by atoms with E-state index >= 15 is 0 Å². The molecular formula is C14H18N2O. The number of rotatable bonds is 3. The van der Waals surface area contributed by atoms with Crippen molar-refractivity contribution in [2.24, 2.45) is 11.3 Å². The summed E-state index contributed by atoms with van der Waals surface area (Å²) in [4.78, 5) is 0. The van der Waals surface area contributed by atoms with Gasteiger partial charge >= 0.3 is 0 Å². The van der Waals surface area contributed by atoms with Crippen molar-refractivity contribution in [1.82, 2.24) is 0 Å². The van der Waals surface area contributed by atoms with Crippen molar-refractivity contribution in [3.05, 3.63) is 48.3 Å². The molecule has 1 aliphatic rings. The molecule has 0 fully saturated rings. The average Bonchev–Trinajstić information content (AvgIpc) is 2.29. The summed E-state index contributed by atoms with van der Waals surface area (Å²) in [5, 5.41) is 0. The predicted molar refractivity (Wildman–Crippen MR) is 70.5 cm³/mol. The van der Waals surface area contributed by atoms with Gasteiger partial charge in [0.1, 0.15) is 11.5 Å². The molecule has 0 saturated carbocycles. The second-order valence-electron chi connectivity index (χ2n) is 4.93. The van der Waals surface area contributed by atoms with E-state index in [-0.39, 0.29) is 5.41 Å². The van der Waals surface area contributed by atoms with Gasteiger partial charge in [0.15, 0.2) is 0 Å². The number of nitrogens with one attached hydrogen (secondary N) is 1. The summed E-state index contributed by atoms with van der Waals surface area (Å²) in [6, 6.07) is 7.59. The Morgan fingerprint density at radius 2 is 1.94 bits per heavy atom. The lowest BCUT2D eigenvalue weighted by atomic mass is 9.85. The Hall–Kier alpha value is -1.74. The van der Waals surface area contributed by atoms with Crippen LogP contribution in [0.2, 0.25) is 0 Å². The number of nitrogens with two attached hydrogens (primary N) is 1. The van der Waals surface area contributed by atoms with E-state index in [4.69, 9.17) is 10.6 Å². The molecular weight excluding hydrogens is 212 g/mol. The lowest BCUT2D eigenvalue weighted by Gasteiger charge is -2.24. The summed E-state index contributed by atoms with van der Waals surface area (Å²) in [5.74, 6) is 7.13. The maximum Gasteiger partial charge on any atom is 0.127 e. The van der Waals surface area contributed by atoms with Gasteiger partial charge in [-0.05, 0) is 35.8 Å². The first-order valence-corrected chi connectivity index (χ1v) is 5.72. The molecule has 1 aromatic carbocycles. The Labute approximate surface area is 102 Å². The zero-order valence-corrected chi connectivity index (χ0v) is 10.2. The third-order valence-corrected chi connectivity index (χ3v) is 2.73. The highest BCUT2D eigenvalue weighted by Gasteiger charge is 2.19. The summed E-state index contributed by atoms with van der Waals surface area (Å²) in [6.45, 7) is 4.39. The Kier molecular flexibility index (Phi) is 3.20. The Morgan fingerprint density at radius 1 is 1.24 bits per heavy atom. The molecule has 0 aliphatic heterocycles. The highest BCUT2D eigenvalue weighted by Crippen LogP contribution is 2.31. The molecule has 0 atom stereocenters. The Balaban J connectivity index is 2.06. The summed E-state index contributed by atoms with van der Waals surface area (Å²) in [6.07, 6.45) is 7.18. The molecule has 0 aromatic heterocycles. The fourth-order valence-corrected chi connectivity index (χ4v) is 1.82. The van der Waals surface area contributed by atoms with Crippen LogP contribution in [-0.2, 0) is 0 Å². The maximum absolute atomic E-state index is 5.83. The second-order valence-corrected chi connectivity index (χ2v) is 4.93. The van der Waals surface area contributed by atoms with Crippen LogP contribution in [0.15, 0.2) is 48.3 Å². The fraction of sp³-hybridized carbons (Fsp3) is 0.286. The van der Waals surface area contributed by atoms with Crippen molar-refractivity contribution in [2.75, 3.05) is 5.43 Å². The second kappa shape index (κ2) is 4.63. The number of nitrogen functional groups attached to an aromatic ring is 1. The first-order valence-electron chi connectivity index (χ1n) is 5.72. The SMILES string of the molecule is CC1(C)C=CC=C(Oc2ccc(NN)cc2)C1. The minimum atomic E-state index is 0.169.